The third-order valence-corrected chi connectivity index (χ3v) is 6.20. The Morgan fingerprint density at radius 1 is 1.33 bits per heavy atom. The molecule has 3 unspecified atom stereocenters. The molecule has 100 valence electrons. The molecular formula is C15H22BrNS. The van der Waals surface area contributed by atoms with E-state index in [1.807, 2.05) is 11.3 Å². The third kappa shape index (κ3) is 3.00. The molecule has 0 saturated heterocycles. The smallest absolute Gasteiger partial charge is 0.0701 e. The first-order chi connectivity index (χ1) is 8.76. The van der Waals surface area contributed by atoms with Crippen molar-refractivity contribution in [3.63, 3.8) is 0 Å². The number of thiophene rings is 1. The van der Waals surface area contributed by atoms with Crippen LogP contribution >= 0.6 is 27.3 Å². The van der Waals surface area contributed by atoms with Crippen LogP contribution in [0.4, 0.5) is 0 Å². The van der Waals surface area contributed by atoms with Gasteiger partial charge in [-0.15, -0.1) is 11.3 Å². The summed E-state index contributed by atoms with van der Waals surface area (Å²) in [6, 6.07) is 5.18. The predicted octanol–water partition coefficient (Wildman–Crippen LogP) is 4.47. The molecule has 1 heterocycles. The van der Waals surface area contributed by atoms with Gasteiger partial charge in [0, 0.05) is 10.9 Å². The number of fused-ring (bicyclic) bond motifs is 1. The minimum Gasteiger partial charge on any atom is -0.313 e. The van der Waals surface area contributed by atoms with Crippen molar-refractivity contribution in [2.75, 3.05) is 6.54 Å². The summed E-state index contributed by atoms with van der Waals surface area (Å²) in [5.41, 5.74) is 0. The average molecular weight is 328 g/mol. The molecule has 2 fully saturated rings. The fraction of sp³-hybridized carbons (Fsp3) is 0.733. The molecule has 0 aliphatic heterocycles. The molecule has 0 aromatic carbocycles. The zero-order chi connectivity index (χ0) is 12.5. The maximum absolute atomic E-state index is 3.80. The quantitative estimate of drug-likeness (QED) is 0.812. The molecule has 3 rings (SSSR count). The van der Waals surface area contributed by atoms with Crippen LogP contribution in [0.3, 0.4) is 0 Å². The van der Waals surface area contributed by atoms with Gasteiger partial charge in [0.15, 0.2) is 0 Å². The van der Waals surface area contributed by atoms with E-state index in [0.717, 1.165) is 17.8 Å². The highest BCUT2D eigenvalue weighted by Crippen LogP contribution is 2.55. The topological polar surface area (TPSA) is 12.0 Å². The molecule has 2 aliphatic carbocycles. The van der Waals surface area contributed by atoms with Crippen LogP contribution in [0.15, 0.2) is 15.9 Å². The van der Waals surface area contributed by atoms with Gasteiger partial charge in [-0.25, -0.2) is 0 Å². The van der Waals surface area contributed by atoms with E-state index in [-0.39, 0.29) is 0 Å². The molecule has 2 aliphatic rings. The van der Waals surface area contributed by atoms with Crippen molar-refractivity contribution in [2.45, 2.75) is 45.1 Å². The molecule has 3 heteroatoms. The SMILES string of the molecule is CCCNC(Cc1ccc(Br)s1)C1CC2CC2C1. The Morgan fingerprint density at radius 3 is 2.72 bits per heavy atom. The van der Waals surface area contributed by atoms with E-state index in [1.54, 1.807) is 0 Å². The Kier molecular flexibility index (Phi) is 4.12. The molecule has 18 heavy (non-hydrogen) atoms. The van der Waals surface area contributed by atoms with Gasteiger partial charge in [0.2, 0.25) is 0 Å². The van der Waals surface area contributed by atoms with Gasteiger partial charge in [-0.3, -0.25) is 0 Å². The van der Waals surface area contributed by atoms with Gasteiger partial charge in [0.25, 0.3) is 0 Å². The zero-order valence-electron chi connectivity index (χ0n) is 11.0. The van der Waals surface area contributed by atoms with Crippen molar-refractivity contribution in [1.29, 1.82) is 0 Å². The molecule has 1 nitrogen and oxygen atoms in total. The summed E-state index contributed by atoms with van der Waals surface area (Å²) in [7, 11) is 0. The zero-order valence-corrected chi connectivity index (χ0v) is 13.4. The monoisotopic (exact) mass is 327 g/mol. The molecule has 1 N–H and O–H groups in total. The van der Waals surface area contributed by atoms with Crippen molar-refractivity contribution in [1.82, 2.24) is 5.32 Å². The third-order valence-electron chi connectivity index (χ3n) is 4.56. The molecule has 0 amide bonds. The summed E-state index contributed by atoms with van der Waals surface area (Å²) in [4.78, 5) is 1.52. The van der Waals surface area contributed by atoms with Gasteiger partial charge in [-0.05, 0) is 84.5 Å². The van der Waals surface area contributed by atoms with Crippen molar-refractivity contribution in [3.8, 4) is 0 Å². The van der Waals surface area contributed by atoms with Crippen LogP contribution in [0.25, 0.3) is 0 Å². The van der Waals surface area contributed by atoms with E-state index >= 15 is 0 Å². The number of nitrogens with one attached hydrogen (secondary N) is 1. The summed E-state index contributed by atoms with van der Waals surface area (Å²) in [6.07, 6.45) is 6.96. The van der Waals surface area contributed by atoms with Gasteiger partial charge in [0.05, 0.1) is 3.79 Å². The van der Waals surface area contributed by atoms with Crippen LogP contribution < -0.4 is 5.32 Å². The Hall–Kier alpha value is 0.140. The minimum absolute atomic E-state index is 0.711. The van der Waals surface area contributed by atoms with E-state index in [1.165, 1.54) is 47.3 Å². The lowest BCUT2D eigenvalue weighted by Gasteiger charge is -2.25. The summed E-state index contributed by atoms with van der Waals surface area (Å²) < 4.78 is 1.26. The van der Waals surface area contributed by atoms with Crippen molar-refractivity contribution < 1.29 is 0 Å². The maximum Gasteiger partial charge on any atom is 0.0701 e. The highest BCUT2D eigenvalue weighted by Gasteiger charge is 2.47. The van der Waals surface area contributed by atoms with Crippen molar-refractivity contribution >= 4 is 27.3 Å². The molecule has 1 aromatic rings. The lowest BCUT2D eigenvalue weighted by molar-refractivity contribution is 0.333. The summed E-state index contributed by atoms with van der Waals surface area (Å²) in [5.74, 6) is 3.12. The lowest BCUT2D eigenvalue weighted by atomic mass is 9.91. The fourth-order valence-corrected chi connectivity index (χ4v) is 5.05. The predicted molar refractivity (Wildman–Crippen MR) is 82.1 cm³/mol. The number of hydrogen-bond acceptors (Lipinski definition) is 2. The van der Waals surface area contributed by atoms with E-state index in [0.29, 0.717) is 6.04 Å². The Labute approximate surface area is 122 Å². The van der Waals surface area contributed by atoms with Crippen LogP contribution in [0.5, 0.6) is 0 Å². The summed E-state index contributed by atoms with van der Waals surface area (Å²) in [5, 5.41) is 3.80. The Morgan fingerprint density at radius 2 is 2.11 bits per heavy atom. The van der Waals surface area contributed by atoms with Gasteiger partial charge in [-0.1, -0.05) is 6.92 Å². The van der Waals surface area contributed by atoms with Gasteiger partial charge in [0.1, 0.15) is 0 Å². The summed E-state index contributed by atoms with van der Waals surface area (Å²) >= 11 is 5.47. The van der Waals surface area contributed by atoms with Crippen molar-refractivity contribution in [2.24, 2.45) is 17.8 Å². The molecule has 2 saturated carbocycles. The minimum atomic E-state index is 0.711. The normalized spacial score (nSPS) is 31.3. The molecule has 0 spiro atoms. The maximum atomic E-state index is 3.80. The van der Waals surface area contributed by atoms with Crippen LogP contribution in [-0.2, 0) is 6.42 Å². The summed E-state index contributed by atoms with van der Waals surface area (Å²) in [6.45, 7) is 3.43. The van der Waals surface area contributed by atoms with E-state index in [9.17, 15) is 0 Å². The number of rotatable bonds is 6. The Balaban J connectivity index is 1.61. The molecule has 0 radical (unpaired) electrons. The first kappa shape index (κ1) is 13.1. The number of halogens is 1. The van der Waals surface area contributed by atoms with Gasteiger partial charge in [-0.2, -0.15) is 0 Å². The van der Waals surface area contributed by atoms with Crippen LogP contribution in [0.2, 0.25) is 0 Å². The van der Waals surface area contributed by atoms with Crippen LogP contribution in [0, 0.1) is 17.8 Å². The average Bonchev–Trinajstić information content (AvgIpc) is 2.78. The second-order valence-corrected chi connectivity index (χ2v) is 8.51. The van der Waals surface area contributed by atoms with Crippen molar-refractivity contribution in [3.05, 3.63) is 20.8 Å². The molecule has 1 aromatic heterocycles. The first-order valence-corrected chi connectivity index (χ1v) is 8.84. The second kappa shape index (κ2) is 5.64. The lowest BCUT2D eigenvalue weighted by Crippen LogP contribution is -2.38. The second-order valence-electron chi connectivity index (χ2n) is 5.96. The van der Waals surface area contributed by atoms with E-state index in [4.69, 9.17) is 0 Å². The largest absolute Gasteiger partial charge is 0.313 e. The highest BCUT2D eigenvalue weighted by molar-refractivity contribution is 9.11. The van der Waals surface area contributed by atoms with Crippen LogP contribution in [-0.4, -0.2) is 12.6 Å². The standard InChI is InChI=1S/C15H22BrNS/c1-2-5-17-14(9-13-3-4-15(16)18-13)12-7-10-6-11(10)8-12/h3-4,10-12,14,17H,2,5-9H2,1H3. The van der Waals surface area contributed by atoms with Gasteiger partial charge >= 0.3 is 0 Å². The first-order valence-electron chi connectivity index (χ1n) is 7.24. The fourth-order valence-electron chi connectivity index (χ4n) is 3.50. The molecule has 0 bridgehead atoms. The molecule has 3 atom stereocenters. The Bertz CT molecular complexity index is 393. The number of hydrogen-bond donors (Lipinski definition) is 1. The van der Waals surface area contributed by atoms with Crippen LogP contribution in [0.1, 0.15) is 37.5 Å². The highest BCUT2D eigenvalue weighted by atomic mass is 79.9. The van der Waals surface area contributed by atoms with E-state index < -0.39 is 0 Å². The van der Waals surface area contributed by atoms with E-state index in [2.05, 4.69) is 40.3 Å². The molecular weight excluding hydrogens is 306 g/mol. The van der Waals surface area contributed by atoms with Gasteiger partial charge < -0.3 is 5.32 Å².